The molecule has 0 amide bonds. The summed E-state index contributed by atoms with van der Waals surface area (Å²) in [5.74, 6) is 1.56. The van der Waals surface area contributed by atoms with Gasteiger partial charge < -0.3 is 9.26 Å². The number of methoxy groups -OCH3 is 1. The largest absolute Gasteiger partial charge is 0.497 e. The zero-order valence-electron chi connectivity index (χ0n) is 7.23. The van der Waals surface area contributed by atoms with Gasteiger partial charge in [0.05, 0.1) is 13.3 Å². The number of aromatic nitrogens is 1. The van der Waals surface area contributed by atoms with Crippen LogP contribution in [0.15, 0.2) is 41.1 Å². The van der Waals surface area contributed by atoms with Crippen molar-refractivity contribution in [1.82, 2.24) is 5.16 Å². The summed E-state index contributed by atoms with van der Waals surface area (Å²) in [6, 6.07) is 9.47. The molecule has 0 N–H and O–H groups in total. The quantitative estimate of drug-likeness (QED) is 0.702. The number of nitrogens with zero attached hydrogens (tertiary/aromatic N) is 1. The van der Waals surface area contributed by atoms with Crippen LogP contribution in [0.4, 0.5) is 0 Å². The maximum absolute atomic E-state index is 5.09. The van der Waals surface area contributed by atoms with Crippen LogP contribution in [-0.4, -0.2) is 12.3 Å². The predicted molar refractivity (Wildman–Crippen MR) is 48.5 cm³/mol. The van der Waals surface area contributed by atoms with Gasteiger partial charge in [-0.15, -0.1) is 0 Å². The van der Waals surface area contributed by atoms with Gasteiger partial charge in [0.2, 0.25) is 0 Å². The van der Waals surface area contributed by atoms with Crippen LogP contribution in [0.25, 0.3) is 11.3 Å². The third-order valence-corrected chi connectivity index (χ3v) is 1.79. The molecule has 3 nitrogen and oxygen atoms in total. The highest BCUT2D eigenvalue weighted by molar-refractivity contribution is 5.58. The Bertz CT molecular complexity index is 382. The summed E-state index contributed by atoms with van der Waals surface area (Å²) in [6.07, 6.45) is 1.62. The summed E-state index contributed by atoms with van der Waals surface area (Å²) in [5.41, 5.74) is 0.969. The van der Waals surface area contributed by atoms with E-state index in [4.69, 9.17) is 9.26 Å². The topological polar surface area (TPSA) is 35.3 Å². The number of benzene rings is 1. The molecule has 0 atom stereocenters. The lowest BCUT2D eigenvalue weighted by molar-refractivity contribution is 0.413. The monoisotopic (exact) mass is 175 g/mol. The van der Waals surface area contributed by atoms with Crippen LogP contribution < -0.4 is 4.74 Å². The molecule has 2 aromatic rings. The molecular formula is C10H9NO2. The summed E-state index contributed by atoms with van der Waals surface area (Å²) in [6.45, 7) is 0. The van der Waals surface area contributed by atoms with Crippen molar-refractivity contribution in [2.45, 2.75) is 0 Å². The highest BCUT2D eigenvalue weighted by atomic mass is 16.5. The van der Waals surface area contributed by atoms with Gasteiger partial charge in [-0.1, -0.05) is 17.3 Å². The van der Waals surface area contributed by atoms with E-state index in [1.54, 1.807) is 13.3 Å². The van der Waals surface area contributed by atoms with Crippen molar-refractivity contribution in [2.24, 2.45) is 0 Å². The smallest absolute Gasteiger partial charge is 0.166 e. The number of rotatable bonds is 2. The van der Waals surface area contributed by atoms with Gasteiger partial charge in [-0.25, -0.2) is 0 Å². The Morgan fingerprint density at radius 1 is 1.31 bits per heavy atom. The van der Waals surface area contributed by atoms with Gasteiger partial charge in [-0.2, -0.15) is 0 Å². The molecule has 0 spiro atoms. The van der Waals surface area contributed by atoms with Crippen LogP contribution in [0.3, 0.4) is 0 Å². The number of ether oxygens (including phenoxy) is 1. The molecular weight excluding hydrogens is 166 g/mol. The van der Waals surface area contributed by atoms with Crippen molar-refractivity contribution >= 4 is 0 Å². The van der Waals surface area contributed by atoms with Crippen molar-refractivity contribution in [3.05, 3.63) is 36.5 Å². The minimum atomic E-state index is 0.749. The zero-order chi connectivity index (χ0) is 9.10. The molecule has 0 aliphatic rings. The fraction of sp³-hybridized carbons (Fsp3) is 0.100. The first-order valence-electron chi connectivity index (χ1n) is 3.95. The zero-order valence-corrected chi connectivity index (χ0v) is 7.23. The molecule has 0 fully saturated rings. The maximum Gasteiger partial charge on any atom is 0.166 e. The Kier molecular flexibility index (Phi) is 2.00. The molecule has 0 bridgehead atoms. The third-order valence-electron chi connectivity index (χ3n) is 1.79. The van der Waals surface area contributed by atoms with Crippen molar-refractivity contribution in [1.29, 1.82) is 0 Å². The Hall–Kier alpha value is -1.77. The van der Waals surface area contributed by atoms with E-state index in [-0.39, 0.29) is 0 Å². The van der Waals surface area contributed by atoms with E-state index in [2.05, 4.69) is 5.16 Å². The van der Waals surface area contributed by atoms with Crippen LogP contribution >= 0.6 is 0 Å². The lowest BCUT2D eigenvalue weighted by Gasteiger charge is -2.00. The van der Waals surface area contributed by atoms with E-state index < -0.39 is 0 Å². The van der Waals surface area contributed by atoms with Crippen LogP contribution in [0.5, 0.6) is 5.75 Å². The lowest BCUT2D eigenvalue weighted by atomic mass is 10.2. The molecule has 0 saturated heterocycles. The van der Waals surface area contributed by atoms with Crippen molar-refractivity contribution < 1.29 is 9.26 Å². The molecule has 1 aromatic heterocycles. The van der Waals surface area contributed by atoms with E-state index in [1.165, 1.54) is 0 Å². The standard InChI is InChI=1S/C10H9NO2/c1-12-9-4-2-3-8(7-9)10-5-6-11-13-10/h2-7H,1H3. The van der Waals surface area contributed by atoms with Crippen LogP contribution in [0.2, 0.25) is 0 Å². The molecule has 66 valence electrons. The first-order valence-corrected chi connectivity index (χ1v) is 3.95. The molecule has 13 heavy (non-hydrogen) atoms. The Morgan fingerprint density at radius 2 is 2.23 bits per heavy atom. The number of hydrogen-bond donors (Lipinski definition) is 0. The molecule has 0 saturated carbocycles. The van der Waals surface area contributed by atoms with Crippen LogP contribution in [0, 0.1) is 0 Å². The van der Waals surface area contributed by atoms with Gasteiger partial charge >= 0.3 is 0 Å². The fourth-order valence-corrected chi connectivity index (χ4v) is 1.14. The molecule has 0 radical (unpaired) electrons. The van der Waals surface area contributed by atoms with Crippen LogP contribution in [0.1, 0.15) is 0 Å². The third kappa shape index (κ3) is 1.54. The predicted octanol–water partition coefficient (Wildman–Crippen LogP) is 2.35. The molecule has 2 rings (SSSR count). The minimum absolute atomic E-state index is 0.749. The second kappa shape index (κ2) is 3.31. The Morgan fingerprint density at radius 3 is 2.92 bits per heavy atom. The summed E-state index contributed by atoms with van der Waals surface area (Å²) in [5, 5.41) is 3.64. The fourth-order valence-electron chi connectivity index (χ4n) is 1.14. The molecule has 0 aliphatic heterocycles. The van der Waals surface area contributed by atoms with E-state index in [1.807, 2.05) is 30.3 Å². The molecule has 0 unspecified atom stereocenters. The minimum Gasteiger partial charge on any atom is -0.497 e. The second-order valence-corrected chi connectivity index (χ2v) is 2.61. The second-order valence-electron chi connectivity index (χ2n) is 2.61. The average Bonchev–Trinajstić information content (AvgIpc) is 2.71. The molecule has 3 heteroatoms. The maximum atomic E-state index is 5.09. The summed E-state index contributed by atoms with van der Waals surface area (Å²) in [4.78, 5) is 0. The Balaban J connectivity index is 2.41. The van der Waals surface area contributed by atoms with Crippen molar-refractivity contribution in [3.63, 3.8) is 0 Å². The first-order chi connectivity index (χ1) is 6.40. The summed E-state index contributed by atoms with van der Waals surface area (Å²) >= 11 is 0. The summed E-state index contributed by atoms with van der Waals surface area (Å²) in [7, 11) is 1.64. The van der Waals surface area contributed by atoms with Gasteiger partial charge in [-0.05, 0) is 12.1 Å². The van der Waals surface area contributed by atoms with E-state index in [0.717, 1.165) is 17.1 Å². The highest BCUT2D eigenvalue weighted by Crippen LogP contribution is 2.22. The van der Waals surface area contributed by atoms with Gasteiger partial charge in [0.1, 0.15) is 5.75 Å². The first kappa shape index (κ1) is 7.86. The van der Waals surface area contributed by atoms with E-state index in [9.17, 15) is 0 Å². The highest BCUT2D eigenvalue weighted by Gasteiger charge is 2.01. The normalized spacial score (nSPS) is 9.92. The SMILES string of the molecule is COc1cccc(-c2ccno2)c1. The molecule has 1 aromatic carbocycles. The van der Waals surface area contributed by atoms with E-state index >= 15 is 0 Å². The summed E-state index contributed by atoms with van der Waals surface area (Å²) < 4.78 is 10.1. The molecule has 0 aliphatic carbocycles. The average molecular weight is 175 g/mol. The number of hydrogen-bond acceptors (Lipinski definition) is 3. The molecule has 1 heterocycles. The van der Waals surface area contributed by atoms with Gasteiger partial charge in [0.25, 0.3) is 0 Å². The van der Waals surface area contributed by atoms with Gasteiger partial charge in [0.15, 0.2) is 5.76 Å². The van der Waals surface area contributed by atoms with Gasteiger partial charge in [0, 0.05) is 11.6 Å². The van der Waals surface area contributed by atoms with Crippen LogP contribution in [-0.2, 0) is 0 Å². The Labute approximate surface area is 75.9 Å². The van der Waals surface area contributed by atoms with E-state index in [0.29, 0.717) is 0 Å². The lowest BCUT2D eigenvalue weighted by Crippen LogP contribution is -1.82. The van der Waals surface area contributed by atoms with Gasteiger partial charge in [-0.3, -0.25) is 0 Å². The van der Waals surface area contributed by atoms with Crippen molar-refractivity contribution in [3.8, 4) is 17.1 Å². The van der Waals surface area contributed by atoms with Crippen molar-refractivity contribution in [2.75, 3.05) is 7.11 Å².